The van der Waals surface area contributed by atoms with E-state index in [9.17, 15) is 14.7 Å². The van der Waals surface area contributed by atoms with E-state index in [1.807, 2.05) is 48.2 Å². The minimum Gasteiger partial charge on any atom is -0.391 e. The molecule has 1 aromatic carbocycles. The first-order chi connectivity index (χ1) is 15.7. The Labute approximate surface area is 196 Å². The van der Waals surface area contributed by atoms with Gasteiger partial charge in [-0.2, -0.15) is 0 Å². The van der Waals surface area contributed by atoms with Gasteiger partial charge in [-0.25, -0.2) is 0 Å². The van der Waals surface area contributed by atoms with Gasteiger partial charge in [0.05, 0.1) is 11.8 Å². The van der Waals surface area contributed by atoms with Crippen molar-refractivity contribution in [2.45, 2.75) is 83.4 Å². The number of rotatable bonds is 6. The largest absolute Gasteiger partial charge is 0.391 e. The van der Waals surface area contributed by atoms with Gasteiger partial charge in [-0.3, -0.25) is 9.59 Å². The zero-order valence-electron chi connectivity index (χ0n) is 20.2. The molecule has 33 heavy (non-hydrogen) atoms. The van der Waals surface area contributed by atoms with Crippen molar-refractivity contribution in [2.75, 3.05) is 6.54 Å². The SMILES string of the molecule is CC1CC(O)CN1C(=O)C(c1cc(C(C)(C)C)no1)C1CCC1.O=CNCc1ccccc1. The summed E-state index contributed by atoms with van der Waals surface area (Å²) in [5.41, 5.74) is 1.92. The van der Waals surface area contributed by atoms with Gasteiger partial charge >= 0.3 is 0 Å². The first kappa shape index (κ1) is 25.0. The first-order valence-electron chi connectivity index (χ1n) is 11.9. The van der Waals surface area contributed by atoms with Crippen molar-refractivity contribution in [3.63, 3.8) is 0 Å². The summed E-state index contributed by atoms with van der Waals surface area (Å²) < 4.78 is 5.59. The molecule has 4 rings (SSSR count). The normalized spacial score (nSPS) is 21.5. The van der Waals surface area contributed by atoms with Gasteiger partial charge < -0.3 is 19.8 Å². The Morgan fingerprint density at radius 3 is 2.48 bits per heavy atom. The Kier molecular flexibility index (Phi) is 8.30. The van der Waals surface area contributed by atoms with Crippen LogP contribution in [-0.2, 0) is 21.5 Å². The molecule has 7 heteroatoms. The fourth-order valence-electron chi connectivity index (χ4n) is 4.36. The Hall–Kier alpha value is -2.67. The number of benzene rings is 1. The molecule has 2 amide bonds. The number of hydrogen-bond donors (Lipinski definition) is 2. The highest BCUT2D eigenvalue weighted by atomic mass is 16.5. The number of nitrogens with one attached hydrogen (secondary N) is 1. The van der Waals surface area contributed by atoms with E-state index in [4.69, 9.17) is 4.52 Å². The Morgan fingerprint density at radius 2 is 2.00 bits per heavy atom. The van der Waals surface area contributed by atoms with Crippen molar-refractivity contribution >= 4 is 12.3 Å². The van der Waals surface area contributed by atoms with E-state index in [0.717, 1.165) is 24.1 Å². The number of aliphatic hydroxyl groups is 1. The van der Waals surface area contributed by atoms with Crippen molar-refractivity contribution in [2.24, 2.45) is 5.92 Å². The van der Waals surface area contributed by atoms with Crippen LogP contribution in [-0.4, -0.2) is 46.2 Å². The molecule has 0 radical (unpaired) electrons. The van der Waals surface area contributed by atoms with Crippen LogP contribution in [0.25, 0.3) is 0 Å². The second kappa shape index (κ2) is 11.0. The summed E-state index contributed by atoms with van der Waals surface area (Å²) in [5, 5.41) is 16.6. The minimum atomic E-state index is -0.407. The third-order valence-electron chi connectivity index (χ3n) is 6.56. The maximum absolute atomic E-state index is 13.1. The van der Waals surface area contributed by atoms with Crippen molar-refractivity contribution in [3.8, 4) is 0 Å². The highest BCUT2D eigenvalue weighted by Crippen LogP contribution is 2.42. The minimum absolute atomic E-state index is 0.0880. The number of carbonyl (C=O) groups excluding carboxylic acids is 2. The van der Waals surface area contributed by atoms with Crippen LogP contribution in [0.1, 0.15) is 76.3 Å². The van der Waals surface area contributed by atoms with Crippen LogP contribution in [0.2, 0.25) is 0 Å². The summed E-state index contributed by atoms with van der Waals surface area (Å²) in [6.07, 6.45) is 4.25. The predicted molar refractivity (Wildman–Crippen MR) is 126 cm³/mol. The molecule has 1 aliphatic heterocycles. The van der Waals surface area contributed by atoms with E-state index in [2.05, 4.69) is 31.2 Å². The number of β-amino-alcohol motifs (C(OH)–C–C–N with tert-alkyl or cyclic N) is 1. The topological polar surface area (TPSA) is 95.7 Å². The molecule has 1 saturated carbocycles. The highest BCUT2D eigenvalue weighted by Gasteiger charge is 2.42. The molecular formula is C26H37N3O4. The average molecular weight is 456 g/mol. The van der Waals surface area contributed by atoms with Gasteiger partial charge in [0.25, 0.3) is 0 Å². The van der Waals surface area contributed by atoms with Crippen molar-refractivity contribution in [1.82, 2.24) is 15.4 Å². The van der Waals surface area contributed by atoms with Crippen LogP contribution in [0.4, 0.5) is 0 Å². The van der Waals surface area contributed by atoms with Gasteiger partial charge in [0.2, 0.25) is 12.3 Å². The molecule has 2 fully saturated rings. The highest BCUT2D eigenvalue weighted by molar-refractivity contribution is 5.84. The predicted octanol–water partition coefficient (Wildman–Crippen LogP) is 3.77. The van der Waals surface area contributed by atoms with Crippen LogP contribution >= 0.6 is 0 Å². The maximum Gasteiger partial charge on any atom is 0.234 e. The van der Waals surface area contributed by atoms with Gasteiger partial charge in [-0.15, -0.1) is 0 Å². The Balaban J connectivity index is 0.000000257. The smallest absolute Gasteiger partial charge is 0.234 e. The van der Waals surface area contributed by atoms with Gasteiger partial charge in [-0.1, -0.05) is 62.7 Å². The van der Waals surface area contributed by atoms with Crippen LogP contribution in [0.5, 0.6) is 0 Å². The lowest BCUT2D eigenvalue weighted by Gasteiger charge is -2.34. The standard InChI is InChI=1S/C18H28N2O3.C8H9NO/c1-11-8-13(21)10-20(11)17(22)16(12-6-5-7-12)14-9-15(19-23-14)18(2,3)4;10-7-9-6-8-4-2-1-3-5-8/h9,11-13,16,21H,5-8,10H2,1-4H3;1-5,7H,6H2,(H,9,10). The number of amides is 2. The monoisotopic (exact) mass is 455 g/mol. The van der Waals surface area contributed by atoms with E-state index in [0.29, 0.717) is 37.6 Å². The van der Waals surface area contributed by atoms with Gasteiger partial charge in [0.15, 0.2) is 0 Å². The zero-order valence-corrected chi connectivity index (χ0v) is 20.2. The molecule has 1 saturated heterocycles. The summed E-state index contributed by atoms with van der Waals surface area (Å²) in [7, 11) is 0. The van der Waals surface area contributed by atoms with Crippen molar-refractivity contribution in [3.05, 3.63) is 53.4 Å². The Bertz CT molecular complexity index is 902. The van der Waals surface area contributed by atoms with Crippen molar-refractivity contribution in [1.29, 1.82) is 0 Å². The molecule has 0 bridgehead atoms. The molecule has 2 heterocycles. The second-order valence-electron chi connectivity index (χ2n) is 10.2. The van der Waals surface area contributed by atoms with E-state index in [-0.39, 0.29) is 23.3 Å². The van der Waals surface area contributed by atoms with E-state index in [1.165, 1.54) is 6.42 Å². The number of likely N-dealkylation sites (tertiary alicyclic amines) is 1. The molecule has 1 aromatic heterocycles. The number of carbonyl (C=O) groups is 2. The number of aromatic nitrogens is 1. The summed E-state index contributed by atoms with van der Waals surface area (Å²) in [6, 6.07) is 11.8. The Morgan fingerprint density at radius 1 is 1.30 bits per heavy atom. The van der Waals surface area contributed by atoms with Crippen molar-refractivity contribution < 1.29 is 19.2 Å². The lowest BCUT2D eigenvalue weighted by Crippen LogP contribution is -2.41. The molecule has 1 aliphatic carbocycles. The number of hydrogen-bond acceptors (Lipinski definition) is 5. The molecule has 180 valence electrons. The van der Waals surface area contributed by atoms with Crippen LogP contribution in [0.15, 0.2) is 40.9 Å². The fourth-order valence-corrected chi connectivity index (χ4v) is 4.36. The lowest BCUT2D eigenvalue weighted by atomic mass is 9.74. The molecule has 7 nitrogen and oxygen atoms in total. The fraction of sp³-hybridized carbons (Fsp3) is 0.577. The summed E-state index contributed by atoms with van der Waals surface area (Å²) >= 11 is 0. The van der Waals surface area contributed by atoms with Gasteiger partial charge in [-0.05, 0) is 37.7 Å². The summed E-state index contributed by atoms with van der Waals surface area (Å²) in [5.74, 6) is 0.877. The molecular weight excluding hydrogens is 418 g/mol. The van der Waals surface area contributed by atoms with Crippen LogP contribution in [0.3, 0.4) is 0 Å². The quantitative estimate of drug-likeness (QED) is 0.647. The van der Waals surface area contributed by atoms with Gasteiger partial charge in [0.1, 0.15) is 11.7 Å². The third-order valence-corrected chi connectivity index (χ3v) is 6.56. The molecule has 2 aromatic rings. The van der Waals surface area contributed by atoms with E-state index >= 15 is 0 Å². The zero-order chi connectivity index (χ0) is 24.0. The molecule has 0 spiro atoms. The molecule has 2 aliphatic rings. The van der Waals surface area contributed by atoms with E-state index in [1.54, 1.807) is 0 Å². The molecule has 3 atom stereocenters. The van der Waals surface area contributed by atoms with Gasteiger partial charge in [0, 0.05) is 30.6 Å². The average Bonchev–Trinajstić information content (AvgIpc) is 3.36. The summed E-state index contributed by atoms with van der Waals surface area (Å²) in [6.45, 7) is 9.33. The van der Waals surface area contributed by atoms with Crippen LogP contribution in [0, 0.1) is 5.92 Å². The molecule has 3 unspecified atom stereocenters. The maximum atomic E-state index is 13.1. The summed E-state index contributed by atoms with van der Waals surface area (Å²) in [4.78, 5) is 24.8. The van der Waals surface area contributed by atoms with E-state index < -0.39 is 6.10 Å². The first-order valence-corrected chi connectivity index (χ1v) is 11.9. The number of nitrogens with zero attached hydrogens (tertiary/aromatic N) is 2. The van der Waals surface area contributed by atoms with Crippen LogP contribution < -0.4 is 5.32 Å². The third kappa shape index (κ3) is 6.44. The molecule has 2 N–H and O–H groups in total. The number of aliphatic hydroxyl groups excluding tert-OH is 1. The lowest BCUT2D eigenvalue weighted by molar-refractivity contribution is -0.136. The second-order valence-corrected chi connectivity index (χ2v) is 10.2.